The lowest BCUT2D eigenvalue weighted by molar-refractivity contribution is 0.287. The van der Waals surface area contributed by atoms with Crippen LogP contribution in [0.3, 0.4) is 0 Å². The molecule has 6 heteroatoms. The van der Waals surface area contributed by atoms with Crippen LogP contribution in [-0.4, -0.2) is 13.2 Å². The van der Waals surface area contributed by atoms with Crippen molar-refractivity contribution in [2.45, 2.75) is 26.9 Å². The molecular weight excluding hydrogens is 369 g/mol. The summed E-state index contributed by atoms with van der Waals surface area (Å²) in [4.78, 5) is 0. The topological polar surface area (TPSA) is 30.5 Å². The Morgan fingerprint density at radius 3 is 2.29 bits per heavy atom. The lowest BCUT2D eigenvalue weighted by atomic mass is 10.1. The van der Waals surface area contributed by atoms with Crippen LogP contribution in [0.2, 0.25) is 10.0 Å². The molecule has 0 amide bonds. The lowest BCUT2D eigenvalue weighted by Crippen LogP contribution is -2.13. The number of nitrogens with one attached hydrogen (secondary N) is 1. The molecule has 0 unspecified atom stereocenters. The first kappa shape index (κ1) is 20.9. The predicted octanol–water partition coefficient (Wildman–Crippen LogP) is 5.50. The van der Waals surface area contributed by atoms with Gasteiger partial charge in [-0.2, -0.15) is 0 Å². The predicted molar refractivity (Wildman–Crippen MR) is 103 cm³/mol. The average Bonchev–Trinajstić information content (AvgIpc) is 2.53. The van der Waals surface area contributed by atoms with Crippen LogP contribution < -0.4 is 14.8 Å². The smallest absolute Gasteiger partial charge is 0.179 e. The van der Waals surface area contributed by atoms with Crippen molar-refractivity contribution < 1.29 is 9.47 Å². The Morgan fingerprint density at radius 1 is 0.917 bits per heavy atom. The molecule has 2 rings (SSSR count). The van der Waals surface area contributed by atoms with E-state index in [0.717, 1.165) is 16.1 Å². The summed E-state index contributed by atoms with van der Waals surface area (Å²) in [6.45, 7) is 6.32. The Morgan fingerprint density at radius 2 is 1.62 bits per heavy atom. The van der Waals surface area contributed by atoms with Crippen molar-refractivity contribution in [3.05, 3.63) is 57.6 Å². The molecular formula is C18H22Cl3NO2. The van der Waals surface area contributed by atoms with Crippen LogP contribution in [0.5, 0.6) is 11.5 Å². The fraction of sp³-hybridized carbons (Fsp3) is 0.333. The first-order valence-electron chi connectivity index (χ1n) is 7.67. The number of rotatable bonds is 8. The monoisotopic (exact) mass is 389 g/mol. The third-order valence-corrected chi connectivity index (χ3v) is 3.91. The van der Waals surface area contributed by atoms with Gasteiger partial charge in [0.2, 0.25) is 0 Å². The summed E-state index contributed by atoms with van der Waals surface area (Å²) in [5.41, 5.74) is 2.10. The summed E-state index contributed by atoms with van der Waals surface area (Å²) in [6.07, 6.45) is 0. The van der Waals surface area contributed by atoms with Gasteiger partial charge in [0, 0.05) is 18.1 Å². The maximum Gasteiger partial charge on any atom is 0.179 e. The molecule has 132 valence electrons. The number of benzene rings is 2. The van der Waals surface area contributed by atoms with Crippen LogP contribution in [0, 0.1) is 0 Å². The van der Waals surface area contributed by atoms with Gasteiger partial charge in [-0.05, 0) is 43.2 Å². The normalized spacial score (nSPS) is 10.2. The van der Waals surface area contributed by atoms with Gasteiger partial charge in [0.25, 0.3) is 0 Å². The Labute approximate surface area is 159 Å². The fourth-order valence-electron chi connectivity index (χ4n) is 2.25. The molecule has 0 aromatic heterocycles. The van der Waals surface area contributed by atoms with E-state index in [-0.39, 0.29) is 12.4 Å². The average molecular weight is 391 g/mol. The van der Waals surface area contributed by atoms with Gasteiger partial charge in [-0.1, -0.05) is 41.4 Å². The minimum Gasteiger partial charge on any atom is -0.490 e. The summed E-state index contributed by atoms with van der Waals surface area (Å²) in [5.74, 6) is 1.28. The second-order valence-electron chi connectivity index (χ2n) is 4.97. The van der Waals surface area contributed by atoms with E-state index in [2.05, 4.69) is 5.32 Å². The molecule has 0 fully saturated rings. The van der Waals surface area contributed by atoms with Gasteiger partial charge < -0.3 is 14.8 Å². The Kier molecular flexibility index (Phi) is 9.30. The molecule has 0 spiro atoms. The summed E-state index contributed by atoms with van der Waals surface area (Å²) >= 11 is 12.5. The second kappa shape index (κ2) is 10.7. The van der Waals surface area contributed by atoms with E-state index in [9.17, 15) is 0 Å². The first-order chi connectivity index (χ1) is 11.2. The standard InChI is InChI=1S/C18H21Cl2NO2.ClH/c1-3-22-17-10-13(9-16(20)18(17)23-4-2)11-21-12-14-7-5-6-8-15(14)19;/h5-10,21H,3-4,11-12H2,1-2H3;1H. The van der Waals surface area contributed by atoms with Crippen molar-refractivity contribution in [2.75, 3.05) is 13.2 Å². The largest absolute Gasteiger partial charge is 0.490 e. The summed E-state index contributed by atoms with van der Waals surface area (Å²) in [6, 6.07) is 11.6. The van der Waals surface area contributed by atoms with Crippen LogP contribution >= 0.6 is 35.6 Å². The van der Waals surface area contributed by atoms with Gasteiger partial charge in [0.15, 0.2) is 11.5 Å². The summed E-state index contributed by atoms with van der Waals surface area (Å²) in [7, 11) is 0. The molecule has 0 saturated carbocycles. The van der Waals surface area contributed by atoms with Crippen molar-refractivity contribution in [3.63, 3.8) is 0 Å². The maximum atomic E-state index is 6.32. The van der Waals surface area contributed by atoms with Crippen LogP contribution in [0.25, 0.3) is 0 Å². The van der Waals surface area contributed by atoms with Gasteiger partial charge in [-0.25, -0.2) is 0 Å². The van der Waals surface area contributed by atoms with Gasteiger partial charge in [0.05, 0.1) is 18.2 Å². The Bertz CT molecular complexity index is 650. The minimum absolute atomic E-state index is 0. The molecule has 24 heavy (non-hydrogen) atoms. The maximum absolute atomic E-state index is 6.32. The number of halogens is 3. The number of ether oxygens (including phenoxy) is 2. The molecule has 0 aliphatic heterocycles. The molecule has 0 saturated heterocycles. The highest BCUT2D eigenvalue weighted by atomic mass is 35.5. The SMILES string of the molecule is CCOc1cc(CNCc2ccccc2Cl)cc(Cl)c1OCC.Cl. The summed E-state index contributed by atoms with van der Waals surface area (Å²) < 4.78 is 11.2. The van der Waals surface area contributed by atoms with Crippen molar-refractivity contribution in [1.29, 1.82) is 0 Å². The first-order valence-corrected chi connectivity index (χ1v) is 8.43. The van der Waals surface area contributed by atoms with Gasteiger partial charge in [0.1, 0.15) is 0 Å². The summed E-state index contributed by atoms with van der Waals surface area (Å²) in [5, 5.41) is 4.69. The van der Waals surface area contributed by atoms with Crippen molar-refractivity contribution in [1.82, 2.24) is 5.32 Å². The van der Waals surface area contributed by atoms with Crippen LogP contribution in [0.4, 0.5) is 0 Å². The van der Waals surface area contributed by atoms with Gasteiger partial charge in [-0.3, -0.25) is 0 Å². The van der Waals surface area contributed by atoms with Crippen molar-refractivity contribution >= 4 is 35.6 Å². The third kappa shape index (κ3) is 5.75. The third-order valence-electron chi connectivity index (χ3n) is 3.26. The second-order valence-corrected chi connectivity index (χ2v) is 5.78. The molecule has 3 nitrogen and oxygen atoms in total. The highest BCUT2D eigenvalue weighted by molar-refractivity contribution is 6.32. The van der Waals surface area contributed by atoms with E-state index in [1.165, 1.54) is 0 Å². The quantitative estimate of drug-likeness (QED) is 0.645. The van der Waals surface area contributed by atoms with E-state index < -0.39 is 0 Å². The minimum atomic E-state index is 0. The number of hydrogen-bond acceptors (Lipinski definition) is 3. The van der Waals surface area contributed by atoms with Crippen LogP contribution in [0.1, 0.15) is 25.0 Å². The molecule has 2 aromatic carbocycles. The van der Waals surface area contributed by atoms with Crippen molar-refractivity contribution in [2.24, 2.45) is 0 Å². The Hall–Kier alpha value is -1.13. The van der Waals surface area contributed by atoms with Gasteiger partial charge in [-0.15, -0.1) is 12.4 Å². The molecule has 0 aliphatic carbocycles. The van der Waals surface area contributed by atoms with E-state index in [1.54, 1.807) is 0 Å². The molecule has 0 heterocycles. The fourth-order valence-corrected chi connectivity index (χ4v) is 2.74. The lowest BCUT2D eigenvalue weighted by Gasteiger charge is -2.15. The highest BCUT2D eigenvalue weighted by Gasteiger charge is 2.12. The zero-order valence-electron chi connectivity index (χ0n) is 13.8. The molecule has 0 radical (unpaired) electrons. The van der Waals surface area contributed by atoms with E-state index >= 15 is 0 Å². The van der Waals surface area contributed by atoms with Crippen molar-refractivity contribution in [3.8, 4) is 11.5 Å². The van der Waals surface area contributed by atoms with Gasteiger partial charge >= 0.3 is 0 Å². The zero-order valence-corrected chi connectivity index (χ0v) is 16.1. The van der Waals surface area contributed by atoms with E-state index in [4.69, 9.17) is 32.7 Å². The van der Waals surface area contributed by atoms with E-state index in [0.29, 0.717) is 42.8 Å². The van der Waals surface area contributed by atoms with E-state index in [1.807, 2.05) is 50.2 Å². The molecule has 0 atom stereocenters. The Balaban J connectivity index is 0.00000288. The zero-order chi connectivity index (χ0) is 16.7. The molecule has 2 aromatic rings. The molecule has 0 bridgehead atoms. The number of hydrogen-bond donors (Lipinski definition) is 1. The van der Waals surface area contributed by atoms with Crippen LogP contribution in [0.15, 0.2) is 36.4 Å². The molecule has 0 aliphatic rings. The highest BCUT2D eigenvalue weighted by Crippen LogP contribution is 2.36. The van der Waals surface area contributed by atoms with Crippen LogP contribution in [-0.2, 0) is 13.1 Å². The molecule has 1 N–H and O–H groups in total.